The van der Waals surface area contributed by atoms with Gasteiger partial charge in [-0.05, 0) is 81.5 Å². The average Bonchev–Trinajstić information content (AvgIpc) is 2.76. The molecule has 7 rings (SSSR count). The van der Waals surface area contributed by atoms with Crippen molar-refractivity contribution in [1.29, 1.82) is 0 Å². The molecule has 4 aliphatic rings. The minimum absolute atomic E-state index is 0.179. The van der Waals surface area contributed by atoms with Crippen LogP contribution in [0.4, 0.5) is 25.2 Å². The summed E-state index contributed by atoms with van der Waals surface area (Å²) < 4.78 is 27.4. The Bertz CT molecular complexity index is 1330. The molecule has 0 aliphatic heterocycles. The number of aliphatic hydroxyl groups is 1. The molecule has 0 radical (unpaired) electrons. The smallest absolute Gasteiger partial charge is 0.322 e. The molecule has 2 aromatic carbocycles. The number of anilines is 2. The zero-order valence-electron chi connectivity index (χ0n) is 20.0. The minimum Gasteiger partial charge on any atom is -0.390 e. The lowest BCUT2D eigenvalue weighted by molar-refractivity contribution is -0.138. The summed E-state index contributed by atoms with van der Waals surface area (Å²) in [6.07, 6.45) is 6.86. The highest BCUT2D eigenvalue weighted by molar-refractivity contribution is 5.90. The summed E-state index contributed by atoms with van der Waals surface area (Å²) in [4.78, 5) is 21.7. The van der Waals surface area contributed by atoms with E-state index in [0.29, 0.717) is 35.0 Å². The second-order valence-electron chi connectivity index (χ2n) is 11.0. The number of carbonyl (C=O) groups is 1. The molecule has 1 heterocycles. The van der Waals surface area contributed by atoms with Crippen LogP contribution in [0.5, 0.6) is 0 Å². The van der Waals surface area contributed by atoms with E-state index in [1.165, 1.54) is 12.1 Å². The normalized spacial score (nSPS) is 29.2. The third-order valence-electron chi connectivity index (χ3n) is 8.03. The Balaban J connectivity index is 1.16. The number of fused-ring (bicyclic) bond motifs is 1. The number of hydrogen-bond acceptors (Lipinski definition) is 5. The third-order valence-corrected chi connectivity index (χ3v) is 8.03. The Labute approximate surface area is 207 Å². The molecule has 4 fully saturated rings. The van der Waals surface area contributed by atoms with Crippen LogP contribution in [-0.4, -0.2) is 32.2 Å². The number of carbonyl (C=O) groups excluding carboxylic acids is 1. The molecule has 3 aromatic rings. The molecule has 4 bridgehead atoms. The van der Waals surface area contributed by atoms with Gasteiger partial charge in [0.2, 0.25) is 5.95 Å². The lowest BCUT2D eigenvalue weighted by atomic mass is 9.51. The fourth-order valence-electron chi connectivity index (χ4n) is 7.09. The molecule has 1 aromatic heterocycles. The zero-order valence-corrected chi connectivity index (χ0v) is 20.0. The highest BCUT2D eigenvalue weighted by Crippen LogP contribution is 2.57. The van der Waals surface area contributed by atoms with Gasteiger partial charge in [-0.15, -0.1) is 0 Å². The number of aromatic nitrogens is 2. The van der Waals surface area contributed by atoms with E-state index in [1.807, 2.05) is 12.1 Å². The molecule has 2 amide bonds. The summed E-state index contributed by atoms with van der Waals surface area (Å²) in [7, 11) is 0. The first kappa shape index (κ1) is 23.1. The van der Waals surface area contributed by atoms with E-state index in [-0.39, 0.29) is 17.5 Å². The van der Waals surface area contributed by atoms with Gasteiger partial charge in [0.05, 0.1) is 17.2 Å². The number of nitrogens with zero attached hydrogens (tertiary/aromatic N) is 2. The van der Waals surface area contributed by atoms with Crippen molar-refractivity contribution in [2.24, 2.45) is 11.8 Å². The van der Waals surface area contributed by atoms with Crippen molar-refractivity contribution >= 4 is 28.6 Å². The minimum atomic E-state index is -0.659. The van der Waals surface area contributed by atoms with Crippen LogP contribution in [0.15, 0.2) is 42.6 Å². The monoisotopic (exact) mass is 493 g/mol. The number of rotatable bonds is 5. The zero-order chi connectivity index (χ0) is 25.1. The van der Waals surface area contributed by atoms with E-state index in [1.54, 1.807) is 19.2 Å². The van der Waals surface area contributed by atoms with Crippen LogP contribution in [0, 0.1) is 23.5 Å². The van der Waals surface area contributed by atoms with Crippen molar-refractivity contribution in [3.63, 3.8) is 0 Å². The van der Waals surface area contributed by atoms with E-state index in [9.17, 15) is 18.7 Å². The summed E-state index contributed by atoms with van der Waals surface area (Å²) in [5.74, 6) is -0.121. The molecule has 0 saturated heterocycles. The molecule has 4 N–H and O–H groups in total. The Hall–Kier alpha value is -3.33. The number of halogens is 2. The number of amides is 2. The maximum Gasteiger partial charge on any atom is 0.322 e. The van der Waals surface area contributed by atoms with Crippen LogP contribution in [-0.2, 0) is 0 Å². The average molecular weight is 494 g/mol. The van der Waals surface area contributed by atoms with Gasteiger partial charge in [0, 0.05) is 34.4 Å². The first-order valence-electron chi connectivity index (χ1n) is 12.5. The summed E-state index contributed by atoms with van der Waals surface area (Å²) in [5, 5.41) is 20.8. The maximum absolute atomic E-state index is 14.2. The molecule has 3 atom stereocenters. The Morgan fingerprint density at radius 2 is 1.89 bits per heavy atom. The van der Waals surface area contributed by atoms with Crippen LogP contribution >= 0.6 is 0 Å². The molecule has 7 nitrogen and oxygen atoms in total. The van der Waals surface area contributed by atoms with Gasteiger partial charge >= 0.3 is 6.03 Å². The van der Waals surface area contributed by atoms with Gasteiger partial charge in [0.25, 0.3) is 0 Å². The number of nitrogens with one attached hydrogen (secondary N) is 3. The van der Waals surface area contributed by atoms with E-state index in [2.05, 4.69) is 25.9 Å². The first-order chi connectivity index (χ1) is 17.2. The van der Waals surface area contributed by atoms with Crippen LogP contribution in [0.25, 0.3) is 10.9 Å². The van der Waals surface area contributed by atoms with Crippen molar-refractivity contribution in [2.45, 2.75) is 62.6 Å². The predicted molar refractivity (Wildman–Crippen MR) is 132 cm³/mol. The van der Waals surface area contributed by atoms with Crippen LogP contribution in [0.1, 0.15) is 57.1 Å². The van der Waals surface area contributed by atoms with Gasteiger partial charge in [-0.25, -0.2) is 23.5 Å². The van der Waals surface area contributed by atoms with Crippen molar-refractivity contribution in [1.82, 2.24) is 15.3 Å². The van der Waals surface area contributed by atoms with E-state index in [4.69, 9.17) is 0 Å². The summed E-state index contributed by atoms with van der Waals surface area (Å²) in [6, 6.07) is 8.23. The molecule has 4 saturated carbocycles. The van der Waals surface area contributed by atoms with E-state index in [0.717, 1.165) is 43.6 Å². The lowest BCUT2D eigenvalue weighted by Gasteiger charge is -2.60. The Morgan fingerprint density at radius 1 is 1.11 bits per heavy atom. The van der Waals surface area contributed by atoms with E-state index < -0.39 is 23.3 Å². The second kappa shape index (κ2) is 8.37. The molecule has 3 unspecified atom stereocenters. The molecule has 188 valence electrons. The molecular formula is C27H29F2N5O2. The number of benzene rings is 2. The Morgan fingerprint density at radius 3 is 2.61 bits per heavy atom. The first-order valence-corrected chi connectivity index (χ1v) is 12.5. The summed E-state index contributed by atoms with van der Waals surface area (Å²) >= 11 is 0. The van der Waals surface area contributed by atoms with Gasteiger partial charge in [-0.3, -0.25) is 5.32 Å². The maximum atomic E-state index is 14.2. The summed E-state index contributed by atoms with van der Waals surface area (Å²) in [6.45, 7) is 1.79. The molecular weight excluding hydrogens is 464 g/mol. The van der Waals surface area contributed by atoms with Crippen molar-refractivity contribution in [3.8, 4) is 0 Å². The standard InChI is InChI=1S/C27H29F2N5O2/c1-15(21-5-3-19(28)7-22(21)29)31-20-4-2-18-13-30-24(32-23(18)8-20)33-25(35)34-26-9-16-6-17(10-26)12-27(36,11-16)14-26/h2-5,7-8,13,15-17,31,36H,6,9-12,14H2,1H3,(H2,30,32,33,34,35). The number of hydrogen-bond donors (Lipinski definition) is 4. The van der Waals surface area contributed by atoms with Crippen LogP contribution in [0.3, 0.4) is 0 Å². The lowest BCUT2D eigenvalue weighted by Crippen LogP contribution is -2.65. The molecule has 4 aliphatic carbocycles. The van der Waals surface area contributed by atoms with Gasteiger partial charge in [-0.2, -0.15) is 0 Å². The summed E-state index contributed by atoms with van der Waals surface area (Å²) in [5.41, 5.74) is 0.639. The fraction of sp³-hybridized carbons (Fsp3) is 0.444. The second-order valence-corrected chi connectivity index (χ2v) is 11.0. The van der Waals surface area contributed by atoms with Gasteiger partial charge < -0.3 is 15.7 Å². The quantitative estimate of drug-likeness (QED) is 0.387. The van der Waals surface area contributed by atoms with Gasteiger partial charge in [0.15, 0.2) is 0 Å². The Kier molecular flexibility index (Phi) is 5.37. The number of urea groups is 1. The molecule has 0 spiro atoms. The van der Waals surface area contributed by atoms with Crippen molar-refractivity contribution in [3.05, 3.63) is 59.8 Å². The highest BCUT2D eigenvalue weighted by atomic mass is 19.1. The highest BCUT2D eigenvalue weighted by Gasteiger charge is 2.57. The predicted octanol–water partition coefficient (Wildman–Crippen LogP) is 5.29. The SMILES string of the molecule is CC(Nc1ccc2cnc(NC(=O)NC34CC5CC(CC(O)(C5)C3)C4)nc2c1)c1ccc(F)cc1F. The van der Waals surface area contributed by atoms with Crippen molar-refractivity contribution < 1.29 is 18.7 Å². The van der Waals surface area contributed by atoms with Gasteiger partial charge in [0.1, 0.15) is 11.6 Å². The topological polar surface area (TPSA) is 99.2 Å². The largest absolute Gasteiger partial charge is 0.390 e. The fourth-order valence-corrected chi connectivity index (χ4v) is 7.09. The van der Waals surface area contributed by atoms with Crippen LogP contribution in [0.2, 0.25) is 0 Å². The third kappa shape index (κ3) is 4.36. The molecule has 9 heteroatoms. The van der Waals surface area contributed by atoms with E-state index >= 15 is 0 Å². The van der Waals surface area contributed by atoms with Crippen LogP contribution < -0.4 is 16.0 Å². The van der Waals surface area contributed by atoms with Crippen molar-refractivity contribution in [2.75, 3.05) is 10.6 Å². The molecule has 36 heavy (non-hydrogen) atoms. The van der Waals surface area contributed by atoms with Gasteiger partial charge in [-0.1, -0.05) is 6.07 Å².